The highest BCUT2D eigenvalue weighted by atomic mass is 16.2. The van der Waals surface area contributed by atoms with Crippen LogP contribution in [0, 0.1) is 11.8 Å². The Bertz CT molecular complexity index is 1070. The van der Waals surface area contributed by atoms with Crippen LogP contribution in [0.4, 0.5) is 0 Å². The molecule has 2 aromatic carbocycles. The SMILES string of the molecule is CCCCC(CC)CN1C(=O)C2=C(c3ccccc3)N(CC(CC)CCCC)C(=O)C2=C1c1ccccc1. The van der Waals surface area contributed by atoms with Crippen LogP contribution in [0.2, 0.25) is 0 Å². The van der Waals surface area contributed by atoms with Crippen LogP contribution in [0.1, 0.15) is 90.2 Å². The molecular formula is C34H44N2O2. The van der Waals surface area contributed by atoms with Crippen LogP contribution in [0.25, 0.3) is 11.4 Å². The number of fused-ring (bicyclic) bond motifs is 1. The van der Waals surface area contributed by atoms with Crippen LogP contribution < -0.4 is 0 Å². The molecule has 2 atom stereocenters. The Morgan fingerprint density at radius 1 is 0.579 bits per heavy atom. The summed E-state index contributed by atoms with van der Waals surface area (Å²) in [5.41, 5.74) is 4.66. The molecule has 2 aliphatic rings. The van der Waals surface area contributed by atoms with E-state index in [4.69, 9.17) is 0 Å². The van der Waals surface area contributed by atoms with Crippen molar-refractivity contribution >= 4 is 23.2 Å². The van der Waals surface area contributed by atoms with Crippen LogP contribution in [0.3, 0.4) is 0 Å². The number of rotatable bonds is 14. The van der Waals surface area contributed by atoms with E-state index in [1.165, 1.54) is 0 Å². The Labute approximate surface area is 229 Å². The lowest BCUT2D eigenvalue weighted by atomic mass is 9.97. The van der Waals surface area contributed by atoms with E-state index < -0.39 is 0 Å². The van der Waals surface area contributed by atoms with Gasteiger partial charge in [-0.15, -0.1) is 0 Å². The molecule has 0 bridgehead atoms. The Morgan fingerprint density at radius 3 is 1.26 bits per heavy atom. The minimum Gasteiger partial charge on any atom is -0.307 e. The zero-order valence-corrected chi connectivity index (χ0v) is 23.7. The summed E-state index contributed by atoms with van der Waals surface area (Å²) < 4.78 is 0. The van der Waals surface area contributed by atoms with E-state index in [2.05, 4.69) is 27.7 Å². The largest absolute Gasteiger partial charge is 0.307 e. The van der Waals surface area contributed by atoms with E-state index in [1.807, 2.05) is 70.5 Å². The third-order valence-electron chi connectivity index (χ3n) is 8.24. The fraction of sp³-hybridized carbons (Fsp3) is 0.471. The first-order valence-electron chi connectivity index (χ1n) is 14.8. The van der Waals surface area contributed by atoms with Crippen molar-refractivity contribution in [2.75, 3.05) is 13.1 Å². The van der Waals surface area contributed by atoms with Gasteiger partial charge in [0, 0.05) is 13.1 Å². The molecule has 2 aliphatic heterocycles. The van der Waals surface area contributed by atoms with Gasteiger partial charge in [-0.05, 0) is 35.8 Å². The highest BCUT2D eigenvalue weighted by Gasteiger charge is 2.49. The van der Waals surface area contributed by atoms with Crippen molar-refractivity contribution in [2.45, 2.75) is 79.1 Å². The average Bonchev–Trinajstić information content (AvgIpc) is 3.40. The van der Waals surface area contributed by atoms with Crippen LogP contribution in [-0.4, -0.2) is 34.7 Å². The zero-order chi connectivity index (χ0) is 27.1. The second-order valence-electron chi connectivity index (χ2n) is 10.8. The summed E-state index contributed by atoms with van der Waals surface area (Å²) in [6, 6.07) is 20.1. The average molecular weight is 513 g/mol. The van der Waals surface area contributed by atoms with Crippen molar-refractivity contribution in [3.8, 4) is 0 Å². The maximum absolute atomic E-state index is 14.3. The van der Waals surface area contributed by atoms with Crippen LogP contribution in [-0.2, 0) is 9.59 Å². The van der Waals surface area contributed by atoms with Gasteiger partial charge in [0.2, 0.25) is 0 Å². The van der Waals surface area contributed by atoms with Gasteiger partial charge in [0.15, 0.2) is 0 Å². The standard InChI is InChI=1S/C34H44N2O2/c1-5-9-17-25(7-3)23-35-31(27-19-13-11-14-20-27)29-30(33(35)37)32(28-21-15-12-16-22-28)36(34(29)38)24-26(8-4)18-10-6-2/h11-16,19-22,25-26H,5-10,17-18,23-24H2,1-4H3. The highest BCUT2D eigenvalue weighted by molar-refractivity contribution is 6.30. The first-order chi connectivity index (χ1) is 18.5. The number of benzene rings is 2. The first-order valence-corrected chi connectivity index (χ1v) is 14.8. The van der Waals surface area contributed by atoms with Crippen molar-refractivity contribution in [3.63, 3.8) is 0 Å². The molecule has 2 heterocycles. The van der Waals surface area contributed by atoms with Gasteiger partial charge in [0.1, 0.15) is 0 Å². The van der Waals surface area contributed by atoms with Crippen molar-refractivity contribution in [1.29, 1.82) is 0 Å². The fourth-order valence-corrected chi connectivity index (χ4v) is 5.89. The van der Waals surface area contributed by atoms with E-state index >= 15 is 0 Å². The van der Waals surface area contributed by atoms with Crippen molar-refractivity contribution in [1.82, 2.24) is 9.80 Å². The lowest BCUT2D eigenvalue weighted by Crippen LogP contribution is -2.34. The molecule has 4 nitrogen and oxygen atoms in total. The maximum Gasteiger partial charge on any atom is 0.261 e. The van der Waals surface area contributed by atoms with Gasteiger partial charge >= 0.3 is 0 Å². The Morgan fingerprint density at radius 2 is 0.947 bits per heavy atom. The van der Waals surface area contributed by atoms with E-state index in [0.717, 1.165) is 73.9 Å². The van der Waals surface area contributed by atoms with Crippen LogP contribution >= 0.6 is 0 Å². The number of unbranched alkanes of at least 4 members (excludes halogenated alkanes) is 2. The maximum atomic E-state index is 14.3. The Hall–Kier alpha value is -3.14. The molecular weight excluding hydrogens is 468 g/mol. The second-order valence-corrected chi connectivity index (χ2v) is 10.8. The lowest BCUT2D eigenvalue weighted by Gasteiger charge is -2.29. The Kier molecular flexibility index (Phi) is 9.60. The number of carbonyl (C=O) groups excluding carboxylic acids is 2. The van der Waals surface area contributed by atoms with Gasteiger partial charge in [-0.25, -0.2) is 0 Å². The topological polar surface area (TPSA) is 40.6 Å². The molecule has 202 valence electrons. The third kappa shape index (κ3) is 5.65. The van der Waals surface area contributed by atoms with E-state index in [1.54, 1.807) is 0 Å². The third-order valence-corrected chi connectivity index (χ3v) is 8.24. The van der Waals surface area contributed by atoms with Crippen molar-refractivity contribution in [2.24, 2.45) is 11.8 Å². The summed E-state index contributed by atoms with van der Waals surface area (Å²) in [6.45, 7) is 10.1. The minimum atomic E-state index is -0.0230. The molecule has 0 aromatic heterocycles. The molecule has 0 spiro atoms. The van der Waals surface area contributed by atoms with Gasteiger partial charge in [-0.1, -0.05) is 127 Å². The number of hydrogen-bond donors (Lipinski definition) is 0. The van der Waals surface area contributed by atoms with Gasteiger partial charge in [-0.3, -0.25) is 9.59 Å². The van der Waals surface area contributed by atoms with E-state index in [0.29, 0.717) is 36.1 Å². The molecule has 4 rings (SSSR count). The predicted molar refractivity (Wildman–Crippen MR) is 157 cm³/mol. The summed E-state index contributed by atoms with van der Waals surface area (Å²) in [4.78, 5) is 32.5. The molecule has 2 amide bonds. The zero-order valence-electron chi connectivity index (χ0n) is 23.7. The predicted octanol–water partition coefficient (Wildman–Crippen LogP) is 7.93. The number of amides is 2. The minimum absolute atomic E-state index is 0.0230. The monoisotopic (exact) mass is 512 g/mol. The molecule has 2 aromatic rings. The summed E-state index contributed by atoms with van der Waals surface area (Å²) in [7, 11) is 0. The smallest absolute Gasteiger partial charge is 0.261 e. The molecule has 0 fully saturated rings. The fourth-order valence-electron chi connectivity index (χ4n) is 5.89. The molecule has 0 aliphatic carbocycles. The summed E-state index contributed by atoms with van der Waals surface area (Å²) in [5, 5.41) is 0. The second kappa shape index (κ2) is 13.1. The van der Waals surface area contributed by atoms with Gasteiger partial charge < -0.3 is 9.80 Å². The quantitative estimate of drug-likeness (QED) is 0.258. The molecule has 0 radical (unpaired) electrons. The number of carbonyl (C=O) groups is 2. The normalized spacial score (nSPS) is 17.1. The molecule has 0 N–H and O–H groups in total. The number of hydrogen-bond acceptors (Lipinski definition) is 2. The molecule has 0 saturated heterocycles. The highest BCUT2D eigenvalue weighted by Crippen LogP contribution is 2.47. The summed E-state index contributed by atoms with van der Waals surface area (Å²) in [6.07, 6.45) is 8.80. The van der Waals surface area contributed by atoms with Gasteiger partial charge in [0.25, 0.3) is 11.8 Å². The molecule has 2 unspecified atom stereocenters. The molecule has 4 heteroatoms. The van der Waals surface area contributed by atoms with E-state index in [9.17, 15) is 9.59 Å². The van der Waals surface area contributed by atoms with Gasteiger partial charge in [0.05, 0.1) is 22.5 Å². The van der Waals surface area contributed by atoms with Crippen molar-refractivity contribution in [3.05, 3.63) is 82.9 Å². The Balaban J connectivity index is 1.86. The van der Waals surface area contributed by atoms with E-state index in [-0.39, 0.29) is 11.8 Å². The van der Waals surface area contributed by atoms with Crippen LogP contribution in [0.15, 0.2) is 71.8 Å². The van der Waals surface area contributed by atoms with Gasteiger partial charge in [-0.2, -0.15) is 0 Å². The first kappa shape index (κ1) is 27.9. The van der Waals surface area contributed by atoms with Crippen LogP contribution in [0.5, 0.6) is 0 Å². The van der Waals surface area contributed by atoms with Crippen molar-refractivity contribution < 1.29 is 9.59 Å². The summed E-state index contributed by atoms with van der Waals surface area (Å²) in [5.74, 6) is 0.764. The summed E-state index contributed by atoms with van der Waals surface area (Å²) >= 11 is 0. The lowest BCUT2D eigenvalue weighted by molar-refractivity contribution is -0.124. The molecule has 0 saturated carbocycles. The molecule has 38 heavy (non-hydrogen) atoms. The number of nitrogens with zero attached hydrogens (tertiary/aromatic N) is 2.